The number of nitrogens with zero attached hydrogens (tertiary/aromatic N) is 3. The molecule has 6 nitrogen and oxygen atoms in total. The molecule has 0 spiro atoms. The summed E-state index contributed by atoms with van der Waals surface area (Å²) in [5, 5.41) is 1.02. The normalized spacial score (nSPS) is 13.4. The smallest absolute Gasteiger partial charge is 0.337 e. The van der Waals surface area contributed by atoms with Crippen molar-refractivity contribution in [2.24, 2.45) is 0 Å². The molecule has 168 valence electrons. The number of hydrogen-bond donors (Lipinski definition) is 0. The van der Waals surface area contributed by atoms with E-state index >= 15 is 0 Å². The number of fused-ring (bicyclic) bond motifs is 3. The van der Waals surface area contributed by atoms with Gasteiger partial charge in [0.2, 0.25) is 5.91 Å². The molecular weight excluding hydrogens is 458 g/mol. The summed E-state index contributed by atoms with van der Waals surface area (Å²) in [4.78, 5) is 42.9. The lowest BCUT2D eigenvalue weighted by Gasteiger charge is -2.25. The first-order valence-corrected chi connectivity index (χ1v) is 11.9. The van der Waals surface area contributed by atoms with Crippen LogP contribution in [0.1, 0.15) is 28.5 Å². The summed E-state index contributed by atoms with van der Waals surface area (Å²) in [6.45, 7) is 4.77. The lowest BCUT2D eigenvalue weighted by atomic mass is 10.1. The molecule has 0 aliphatic carbocycles. The Labute approximate surface area is 199 Å². The summed E-state index contributed by atoms with van der Waals surface area (Å²) >= 11 is 7.68. The average molecular weight is 480 g/mol. The molecule has 4 aromatic rings. The van der Waals surface area contributed by atoms with Crippen LogP contribution in [0.15, 0.2) is 58.1 Å². The summed E-state index contributed by atoms with van der Waals surface area (Å²) in [5.41, 5.74) is 2.44. The van der Waals surface area contributed by atoms with E-state index in [4.69, 9.17) is 11.6 Å². The zero-order chi connectivity index (χ0) is 23.3. The van der Waals surface area contributed by atoms with E-state index in [1.54, 1.807) is 28.5 Å². The van der Waals surface area contributed by atoms with Crippen molar-refractivity contribution in [3.05, 3.63) is 96.0 Å². The van der Waals surface area contributed by atoms with Crippen LogP contribution >= 0.6 is 22.9 Å². The highest BCUT2D eigenvalue weighted by Crippen LogP contribution is 2.33. The molecule has 8 heteroatoms. The number of amides is 1. The van der Waals surface area contributed by atoms with Gasteiger partial charge in [-0.15, -0.1) is 11.3 Å². The fraction of sp³-hybridized carbons (Fsp3) is 0.240. The van der Waals surface area contributed by atoms with Gasteiger partial charge >= 0.3 is 5.69 Å². The molecular formula is C25H22ClN3O3S. The molecule has 1 amide bonds. The van der Waals surface area contributed by atoms with E-state index in [0.717, 1.165) is 21.6 Å². The van der Waals surface area contributed by atoms with Crippen molar-refractivity contribution in [1.82, 2.24) is 14.0 Å². The van der Waals surface area contributed by atoms with Gasteiger partial charge in [-0.05, 0) is 42.2 Å². The summed E-state index contributed by atoms with van der Waals surface area (Å²) in [5.74, 6) is 0.00625. The Hall–Kier alpha value is -3.16. The third-order valence-electron chi connectivity index (χ3n) is 6.16. The van der Waals surface area contributed by atoms with E-state index in [-0.39, 0.29) is 11.5 Å². The molecule has 0 N–H and O–H groups in total. The van der Waals surface area contributed by atoms with Gasteiger partial charge in [0.05, 0.1) is 24.2 Å². The van der Waals surface area contributed by atoms with Gasteiger partial charge in [0.15, 0.2) is 0 Å². The van der Waals surface area contributed by atoms with Crippen LogP contribution < -0.4 is 11.2 Å². The summed E-state index contributed by atoms with van der Waals surface area (Å²) in [6, 6.07) is 14.9. The van der Waals surface area contributed by atoms with Gasteiger partial charge < -0.3 is 4.90 Å². The summed E-state index contributed by atoms with van der Waals surface area (Å²) < 4.78 is 2.92. The van der Waals surface area contributed by atoms with Gasteiger partial charge in [0, 0.05) is 23.4 Å². The number of hydrogen-bond acceptors (Lipinski definition) is 4. The van der Waals surface area contributed by atoms with Crippen LogP contribution in [-0.4, -0.2) is 26.5 Å². The van der Waals surface area contributed by atoms with Crippen molar-refractivity contribution in [2.75, 3.05) is 6.54 Å². The molecule has 1 aliphatic heterocycles. The number of benzene rings is 2. The minimum Gasteiger partial charge on any atom is -0.337 e. The number of carbonyl (C=O) groups is 1. The third-order valence-corrected chi connectivity index (χ3v) is 7.64. The first kappa shape index (κ1) is 21.7. The summed E-state index contributed by atoms with van der Waals surface area (Å²) in [6.07, 6.45) is 0.586. The number of rotatable bonds is 3. The quantitative estimate of drug-likeness (QED) is 0.444. The van der Waals surface area contributed by atoms with Crippen LogP contribution in [0.4, 0.5) is 0 Å². The van der Waals surface area contributed by atoms with Gasteiger partial charge in [-0.1, -0.05) is 48.0 Å². The standard InChI is InChI=1S/C25H22ClN3O3S/c1-15-8-9-18(26)12-20(15)29-23(31)22-19-10-11-27(16(2)30)14-21(19)33-24(22)28(25(29)32)13-17-6-4-3-5-7-17/h3-9,12H,10-11,13-14H2,1-2H3. The predicted molar refractivity (Wildman–Crippen MR) is 132 cm³/mol. The van der Waals surface area contributed by atoms with Gasteiger partial charge in [-0.25, -0.2) is 9.36 Å². The van der Waals surface area contributed by atoms with Gasteiger partial charge in [-0.2, -0.15) is 0 Å². The molecule has 2 aromatic heterocycles. The fourth-order valence-corrected chi connectivity index (χ4v) is 5.93. The van der Waals surface area contributed by atoms with Crippen molar-refractivity contribution in [1.29, 1.82) is 0 Å². The lowest BCUT2D eigenvalue weighted by Crippen LogP contribution is -2.39. The maximum absolute atomic E-state index is 13.8. The van der Waals surface area contributed by atoms with Crippen LogP contribution in [0, 0.1) is 6.92 Å². The van der Waals surface area contributed by atoms with Gasteiger partial charge in [0.25, 0.3) is 5.56 Å². The minimum absolute atomic E-state index is 0.00625. The Bertz CT molecular complexity index is 1520. The number of halogens is 1. The van der Waals surface area contributed by atoms with E-state index < -0.39 is 5.69 Å². The molecule has 0 bridgehead atoms. The van der Waals surface area contributed by atoms with Crippen LogP contribution in [0.3, 0.4) is 0 Å². The van der Waals surface area contributed by atoms with E-state index in [1.165, 1.54) is 15.9 Å². The van der Waals surface area contributed by atoms with E-state index in [0.29, 0.717) is 47.0 Å². The van der Waals surface area contributed by atoms with Gasteiger partial charge in [0.1, 0.15) is 4.83 Å². The second-order valence-corrected chi connectivity index (χ2v) is 9.82. The zero-order valence-corrected chi connectivity index (χ0v) is 19.9. The third kappa shape index (κ3) is 3.71. The molecule has 3 heterocycles. The van der Waals surface area contributed by atoms with Crippen molar-refractivity contribution < 1.29 is 4.79 Å². The average Bonchev–Trinajstić information content (AvgIpc) is 3.18. The Balaban J connectivity index is 1.83. The molecule has 0 fully saturated rings. The molecule has 1 aliphatic rings. The monoisotopic (exact) mass is 479 g/mol. The second kappa shape index (κ2) is 8.32. The molecule has 0 atom stereocenters. The molecule has 33 heavy (non-hydrogen) atoms. The SMILES string of the molecule is CC(=O)N1CCc2c(sc3c2c(=O)n(-c2cc(Cl)ccc2C)c(=O)n3Cc2ccccc2)C1. The highest BCUT2D eigenvalue weighted by molar-refractivity contribution is 7.18. The molecule has 0 saturated heterocycles. The Morgan fingerprint density at radius 3 is 2.61 bits per heavy atom. The highest BCUT2D eigenvalue weighted by Gasteiger charge is 2.27. The number of carbonyl (C=O) groups excluding carboxylic acids is 1. The Kier molecular flexibility index (Phi) is 5.46. The first-order valence-electron chi connectivity index (χ1n) is 10.7. The minimum atomic E-state index is -0.399. The maximum atomic E-state index is 13.8. The molecule has 2 aromatic carbocycles. The van der Waals surface area contributed by atoms with E-state index in [1.807, 2.05) is 43.3 Å². The van der Waals surface area contributed by atoms with Crippen molar-refractivity contribution in [3.8, 4) is 5.69 Å². The Morgan fingerprint density at radius 2 is 1.88 bits per heavy atom. The van der Waals surface area contributed by atoms with Crippen LogP contribution in [0.2, 0.25) is 5.02 Å². The topological polar surface area (TPSA) is 64.3 Å². The largest absolute Gasteiger partial charge is 0.337 e. The van der Waals surface area contributed by atoms with E-state index in [9.17, 15) is 14.4 Å². The van der Waals surface area contributed by atoms with Crippen molar-refractivity contribution in [3.63, 3.8) is 0 Å². The molecule has 0 radical (unpaired) electrons. The van der Waals surface area contributed by atoms with E-state index in [2.05, 4.69) is 0 Å². The van der Waals surface area contributed by atoms with Gasteiger partial charge in [-0.3, -0.25) is 14.2 Å². The van der Waals surface area contributed by atoms with Crippen molar-refractivity contribution >= 4 is 39.1 Å². The van der Waals surface area contributed by atoms with Crippen LogP contribution in [0.25, 0.3) is 15.9 Å². The summed E-state index contributed by atoms with van der Waals surface area (Å²) in [7, 11) is 0. The van der Waals surface area contributed by atoms with Crippen LogP contribution in [-0.2, 0) is 24.3 Å². The number of aryl methyl sites for hydroxylation is 1. The zero-order valence-electron chi connectivity index (χ0n) is 18.3. The number of thiophene rings is 1. The highest BCUT2D eigenvalue weighted by atomic mass is 35.5. The van der Waals surface area contributed by atoms with Crippen molar-refractivity contribution in [2.45, 2.75) is 33.4 Å². The lowest BCUT2D eigenvalue weighted by molar-refractivity contribution is -0.129. The maximum Gasteiger partial charge on any atom is 0.337 e. The molecule has 0 unspecified atom stereocenters. The first-order chi connectivity index (χ1) is 15.8. The molecule has 5 rings (SSSR count). The van der Waals surface area contributed by atoms with Crippen LogP contribution in [0.5, 0.6) is 0 Å². The predicted octanol–water partition coefficient (Wildman–Crippen LogP) is 4.13. The second-order valence-electron chi connectivity index (χ2n) is 8.30. The number of aromatic nitrogens is 2. The fourth-order valence-electron chi connectivity index (χ4n) is 4.42. The molecule has 0 saturated carbocycles. The Morgan fingerprint density at radius 1 is 1.12 bits per heavy atom.